The van der Waals surface area contributed by atoms with Crippen molar-refractivity contribution in [3.8, 4) is 0 Å². The fourth-order valence-electron chi connectivity index (χ4n) is 2.96. The second-order valence-corrected chi connectivity index (χ2v) is 6.32. The highest BCUT2D eigenvalue weighted by Gasteiger charge is 2.43. The monoisotopic (exact) mass is 267 g/mol. The number of nitrogens with zero attached hydrogens (tertiary/aromatic N) is 1. The number of aliphatic carboxylic acids is 1. The molecular formula is C14H21NO4. The second kappa shape index (κ2) is 4.87. The van der Waals surface area contributed by atoms with Crippen molar-refractivity contribution in [1.82, 2.24) is 4.90 Å². The molecule has 2 heterocycles. The molecule has 0 aromatic heterocycles. The summed E-state index contributed by atoms with van der Waals surface area (Å²) in [5, 5.41) is 8.80. The summed E-state index contributed by atoms with van der Waals surface area (Å²) >= 11 is 0. The Hall–Kier alpha value is -1.52. The number of ether oxygens (including phenoxy) is 1. The van der Waals surface area contributed by atoms with Crippen LogP contribution < -0.4 is 0 Å². The molecule has 0 radical (unpaired) electrons. The Morgan fingerprint density at radius 3 is 2.21 bits per heavy atom. The number of carboxylic acids is 1. The van der Waals surface area contributed by atoms with Crippen LogP contribution in [0.2, 0.25) is 0 Å². The molecule has 2 aliphatic rings. The minimum atomic E-state index is -0.903. The van der Waals surface area contributed by atoms with Crippen LogP contribution in [-0.4, -0.2) is 39.8 Å². The first-order valence-corrected chi connectivity index (χ1v) is 6.70. The molecule has 0 aromatic rings. The van der Waals surface area contributed by atoms with Gasteiger partial charge in [0.1, 0.15) is 5.60 Å². The number of amides is 1. The number of hydrogen-bond acceptors (Lipinski definition) is 3. The zero-order valence-corrected chi connectivity index (χ0v) is 11.7. The first kappa shape index (κ1) is 13.9. The molecule has 2 unspecified atom stereocenters. The minimum Gasteiger partial charge on any atom is -0.478 e. The Kier molecular flexibility index (Phi) is 3.56. The zero-order chi connectivity index (χ0) is 14.2. The number of carbonyl (C=O) groups is 2. The highest BCUT2D eigenvalue weighted by molar-refractivity contribution is 5.81. The first-order chi connectivity index (χ1) is 8.76. The van der Waals surface area contributed by atoms with Crippen LogP contribution >= 0.6 is 0 Å². The van der Waals surface area contributed by atoms with E-state index in [9.17, 15) is 9.59 Å². The van der Waals surface area contributed by atoms with Crippen LogP contribution in [0, 0.1) is 0 Å². The van der Waals surface area contributed by atoms with E-state index in [1.54, 1.807) is 0 Å². The van der Waals surface area contributed by atoms with Gasteiger partial charge >= 0.3 is 12.1 Å². The smallest absolute Gasteiger partial charge is 0.410 e. The number of hydrogen-bond donors (Lipinski definition) is 1. The second-order valence-electron chi connectivity index (χ2n) is 6.32. The largest absolute Gasteiger partial charge is 0.478 e. The number of carbonyl (C=O) groups excluding carboxylic acids is 1. The molecule has 0 aromatic carbocycles. The standard InChI is InChI=1S/C14H21NO4/c1-14(2,3)19-13(18)15-10-4-5-11(15)7-9(6-10)8-12(16)17/h8,10-11H,4-7H2,1-3H3,(H,16,17). The predicted octanol–water partition coefficient (Wildman–Crippen LogP) is 2.56. The fraction of sp³-hybridized carbons (Fsp3) is 0.714. The Bertz CT molecular complexity index is 406. The number of rotatable bonds is 1. The SMILES string of the molecule is CC(C)(C)OC(=O)N1C2CCC1CC(=CC(=O)O)C2. The third kappa shape index (κ3) is 3.28. The quantitative estimate of drug-likeness (QED) is 0.741. The van der Waals surface area contributed by atoms with E-state index in [0.717, 1.165) is 18.4 Å². The molecule has 1 N–H and O–H groups in total. The van der Waals surface area contributed by atoms with Gasteiger partial charge in [-0.05, 0) is 46.5 Å². The van der Waals surface area contributed by atoms with Gasteiger partial charge in [-0.15, -0.1) is 0 Å². The maximum absolute atomic E-state index is 12.2. The molecule has 5 nitrogen and oxygen atoms in total. The topological polar surface area (TPSA) is 66.8 Å². The summed E-state index contributed by atoms with van der Waals surface area (Å²) in [6, 6.07) is 0.193. The first-order valence-electron chi connectivity index (χ1n) is 6.70. The third-order valence-electron chi connectivity index (χ3n) is 3.55. The number of piperidine rings is 1. The molecule has 0 spiro atoms. The van der Waals surface area contributed by atoms with Crippen LogP contribution in [0.4, 0.5) is 4.79 Å². The normalized spacial score (nSPS) is 26.3. The van der Waals surface area contributed by atoms with Crippen molar-refractivity contribution in [3.63, 3.8) is 0 Å². The van der Waals surface area contributed by atoms with Gasteiger partial charge in [0.2, 0.25) is 0 Å². The molecule has 2 fully saturated rings. The van der Waals surface area contributed by atoms with E-state index in [2.05, 4.69) is 0 Å². The zero-order valence-electron chi connectivity index (χ0n) is 11.7. The Labute approximate surface area is 113 Å². The van der Waals surface area contributed by atoms with Crippen molar-refractivity contribution in [2.24, 2.45) is 0 Å². The lowest BCUT2D eigenvalue weighted by molar-refractivity contribution is -0.131. The molecule has 2 atom stereocenters. The van der Waals surface area contributed by atoms with E-state index >= 15 is 0 Å². The van der Waals surface area contributed by atoms with Gasteiger partial charge in [0, 0.05) is 18.2 Å². The van der Waals surface area contributed by atoms with E-state index in [0.29, 0.717) is 12.8 Å². The van der Waals surface area contributed by atoms with Gasteiger partial charge in [-0.3, -0.25) is 0 Å². The van der Waals surface area contributed by atoms with Gasteiger partial charge in [-0.1, -0.05) is 5.57 Å². The summed E-state index contributed by atoms with van der Waals surface area (Å²) in [5.74, 6) is -0.903. The van der Waals surface area contributed by atoms with Gasteiger partial charge in [0.25, 0.3) is 0 Å². The van der Waals surface area contributed by atoms with E-state index in [1.165, 1.54) is 6.08 Å². The van der Waals surface area contributed by atoms with E-state index < -0.39 is 11.6 Å². The van der Waals surface area contributed by atoms with Gasteiger partial charge in [-0.25, -0.2) is 9.59 Å². The molecule has 2 saturated heterocycles. The van der Waals surface area contributed by atoms with E-state index in [-0.39, 0.29) is 18.2 Å². The van der Waals surface area contributed by atoms with Crippen molar-refractivity contribution < 1.29 is 19.4 Å². The predicted molar refractivity (Wildman–Crippen MR) is 69.8 cm³/mol. The van der Waals surface area contributed by atoms with Crippen LogP contribution in [0.5, 0.6) is 0 Å². The summed E-state index contributed by atoms with van der Waals surface area (Å²) in [4.78, 5) is 24.7. The Balaban J connectivity index is 2.07. The highest BCUT2D eigenvalue weighted by atomic mass is 16.6. The van der Waals surface area contributed by atoms with Crippen LogP contribution in [0.1, 0.15) is 46.5 Å². The van der Waals surface area contributed by atoms with Crippen LogP contribution in [0.25, 0.3) is 0 Å². The Morgan fingerprint density at radius 1 is 1.26 bits per heavy atom. The third-order valence-corrected chi connectivity index (χ3v) is 3.55. The van der Waals surface area contributed by atoms with Crippen LogP contribution in [-0.2, 0) is 9.53 Å². The summed E-state index contributed by atoms with van der Waals surface area (Å²) < 4.78 is 5.43. The molecule has 0 saturated carbocycles. The van der Waals surface area contributed by atoms with E-state index in [4.69, 9.17) is 9.84 Å². The summed E-state index contributed by atoms with van der Waals surface area (Å²) in [7, 11) is 0. The maximum atomic E-state index is 12.2. The number of fused-ring (bicyclic) bond motifs is 2. The fourth-order valence-corrected chi connectivity index (χ4v) is 2.96. The van der Waals surface area contributed by atoms with Crippen molar-refractivity contribution in [2.75, 3.05) is 0 Å². The summed E-state index contributed by atoms with van der Waals surface area (Å²) in [6.45, 7) is 5.56. The van der Waals surface area contributed by atoms with E-state index in [1.807, 2.05) is 25.7 Å². The molecule has 106 valence electrons. The molecule has 1 amide bonds. The average molecular weight is 267 g/mol. The molecule has 0 aliphatic carbocycles. The summed E-state index contributed by atoms with van der Waals surface area (Å²) in [6.07, 6.45) is 4.19. The molecule has 2 bridgehead atoms. The molecule has 2 aliphatic heterocycles. The van der Waals surface area contributed by atoms with Gasteiger partial charge in [-0.2, -0.15) is 0 Å². The maximum Gasteiger partial charge on any atom is 0.410 e. The molecular weight excluding hydrogens is 246 g/mol. The van der Waals surface area contributed by atoms with Crippen molar-refractivity contribution in [3.05, 3.63) is 11.6 Å². The molecule has 19 heavy (non-hydrogen) atoms. The molecule has 5 heteroatoms. The lowest BCUT2D eigenvalue weighted by Crippen LogP contribution is -2.47. The van der Waals surface area contributed by atoms with Crippen molar-refractivity contribution in [1.29, 1.82) is 0 Å². The van der Waals surface area contributed by atoms with Gasteiger partial charge in [0.05, 0.1) is 0 Å². The van der Waals surface area contributed by atoms with Crippen molar-refractivity contribution >= 4 is 12.1 Å². The lowest BCUT2D eigenvalue weighted by atomic mass is 9.97. The average Bonchev–Trinajstić information content (AvgIpc) is 2.47. The van der Waals surface area contributed by atoms with Gasteiger partial charge < -0.3 is 14.7 Å². The number of carboxylic acid groups (broad SMARTS) is 1. The van der Waals surface area contributed by atoms with Crippen LogP contribution in [0.3, 0.4) is 0 Å². The van der Waals surface area contributed by atoms with Crippen molar-refractivity contribution in [2.45, 2.75) is 64.1 Å². The lowest BCUT2D eigenvalue weighted by Gasteiger charge is -2.37. The van der Waals surface area contributed by atoms with Crippen LogP contribution in [0.15, 0.2) is 11.6 Å². The highest BCUT2D eigenvalue weighted by Crippen LogP contribution is 2.39. The molecule has 2 rings (SSSR count). The minimum absolute atomic E-state index is 0.0965. The Morgan fingerprint density at radius 2 is 1.79 bits per heavy atom. The van der Waals surface area contributed by atoms with Gasteiger partial charge in [0.15, 0.2) is 0 Å². The summed E-state index contributed by atoms with van der Waals surface area (Å²) in [5.41, 5.74) is 0.438.